The molecule has 1 aromatic rings. The molecule has 2 aliphatic rings. The van der Waals surface area contributed by atoms with Gasteiger partial charge in [0.1, 0.15) is 0 Å². The van der Waals surface area contributed by atoms with Crippen molar-refractivity contribution >= 4 is 11.8 Å². The quantitative estimate of drug-likeness (QED) is 0.614. The lowest BCUT2D eigenvalue weighted by Gasteiger charge is -2.20. The van der Waals surface area contributed by atoms with E-state index in [-0.39, 0.29) is 18.4 Å². The number of rotatable bonds is 5. The molecular formula is C18H22O3. The molecule has 0 amide bonds. The van der Waals surface area contributed by atoms with Crippen LogP contribution in [0, 0.1) is 24.7 Å². The van der Waals surface area contributed by atoms with Crippen LogP contribution >= 0.6 is 0 Å². The van der Waals surface area contributed by atoms with E-state index in [0.29, 0.717) is 17.9 Å². The van der Waals surface area contributed by atoms with E-state index in [1.165, 1.54) is 25.7 Å². The Kier molecular flexibility index (Phi) is 4.09. The third kappa shape index (κ3) is 3.34. The van der Waals surface area contributed by atoms with Gasteiger partial charge in [0.15, 0.2) is 12.4 Å². The van der Waals surface area contributed by atoms with E-state index < -0.39 is 0 Å². The van der Waals surface area contributed by atoms with E-state index in [1.807, 2.05) is 19.1 Å². The smallest absolute Gasteiger partial charge is 0.306 e. The van der Waals surface area contributed by atoms with E-state index in [1.54, 1.807) is 12.1 Å². The number of ether oxygens (including phenoxy) is 1. The number of carbonyl (C=O) groups excluding carboxylic acids is 2. The number of Topliss-reactive ketones (excluding diaryl/α,β-unsaturated/α-hetero) is 1. The number of fused-ring (bicyclic) bond motifs is 2. The summed E-state index contributed by atoms with van der Waals surface area (Å²) in [6, 6.07) is 7.34. The second-order valence-corrected chi connectivity index (χ2v) is 6.59. The third-order valence-corrected chi connectivity index (χ3v) is 5.05. The zero-order chi connectivity index (χ0) is 14.8. The van der Waals surface area contributed by atoms with Gasteiger partial charge < -0.3 is 4.74 Å². The number of aryl methyl sites for hydroxylation is 1. The number of benzene rings is 1. The Balaban J connectivity index is 1.45. The van der Waals surface area contributed by atoms with E-state index in [4.69, 9.17) is 4.74 Å². The fourth-order valence-corrected chi connectivity index (χ4v) is 3.87. The summed E-state index contributed by atoms with van der Waals surface area (Å²) >= 11 is 0. The topological polar surface area (TPSA) is 43.4 Å². The summed E-state index contributed by atoms with van der Waals surface area (Å²) < 4.78 is 5.17. The zero-order valence-electron chi connectivity index (χ0n) is 12.5. The molecule has 0 N–H and O–H groups in total. The maximum atomic E-state index is 11.9. The number of ketones is 1. The Labute approximate surface area is 125 Å². The maximum absolute atomic E-state index is 11.9. The Hall–Kier alpha value is -1.64. The van der Waals surface area contributed by atoms with Crippen LogP contribution in [0.4, 0.5) is 0 Å². The van der Waals surface area contributed by atoms with Crippen molar-refractivity contribution in [3.63, 3.8) is 0 Å². The first-order valence-electron chi connectivity index (χ1n) is 7.87. The molecule has 0 spiro atoms. The molecule has 0 saturated heterocycles. The SMILES string of the molecule is Cc1ccc(C(=O)COC(=O)C[C@H]2C[C@@H]3CC[C@H]2C3)cc1. The van der Waals surface area contributed by atoms with E-state index in [9.17, 15) is 9.59 Å². The first-order valence-corrected chi connectivity index (χ1v) is 7.87. The second-order valence-electron chi connectivity index (χ2n) is 6.59. The number of esters is 1. The van der Waals surface area contributed by atoms with Crippen molar-refractivity contribution in [2.75, 3.05) is 6.61 Å². The number of carbonyl (C=O) groups is 2. The van der Waals surface area contributed by atoms with Crippen molar-refractivity contribution in [2.24, 2.45) is 17.8 Å². The van der Waals surface area contributed by atoms with Gasteiger partial charge in [0, 0.05) is 12.0 Å². The lowest BCUT2D eigenvalue weighted by atomic mass is 9.86. The van der Waals surface area contributed by atoms with Gasteiger partial charge in [0.05, 0.1) is 0 Å². The van der Waals surface area contributed by atoms with E-state index in [0.717, 1.165) is 17.4 Å². The standard InChI is InChI=1S/C18H22O3/c1-12-2-5-14(6-3-12)17(19)11-21-18(20)10-16-9-13-4-7-15(16)8-13/h2-3,5-6,13,15-16H,4,7-11H2,1H3/t13-,15+,16-/m1/s1. The predicted molar refractivity (Wildman–Crippen MR) is 80.0 cm³/mol. The summed E-state index contributed by atoms with van der Waals surface area (Å²) in [4.78, 5) is 23.8. The lowest BCUT2D eigenvalue weighted by Crippen LogP contribution is -2.19. The molecule has 0 aliphatic heterocycles. The molecule has 0 aromatic heterocycles. The van der Waals surface area contributed by atoms with Crippen LogP contribution in [0.2, 0.25) is 0 Å². The van der Waals surface area contributed by atoms with Crippen LogP contribution in [-0.2, 0) is 9.53 Å². The van der Waals surface area contributed by atoms with Gasteiger partial charge in [-0.15, -0.1) is 0 Å². The summed E-state index contributed by atoms with van der Waals surface area (Å²) in [5, 5.41) is 0. The molecular weight excluding hydrogens is 264 g/mol. The Morgan fingerprint density at radius 3 is 2.52 bits per heavy atom. The highest BCUT2D eigenvalue weighted by Gasteiger charge is 2.40. The molecule has 1 aromatic carbocycles. The van der Waals surface area contributed by atoms with Crippen LogP contribution in [0.3, 0.4) is 0 Å². The largest absolute Gasteiger partial charge is 0.457 e. The molecule has 2 aliphatic carbocycles. The number of hydrogen-bond acceptors (Lipinski definition) is 3. The van der Waals surface area contributed by atoms with Crippen LogP contribution in [0.15, 0.2) is 24.3 Å². The van der Waals surface area contributed by atoms with Gasteiger partial charge in [0.25, 0.3) is 0 Å². The summed E-state index contributed by atoms with van der Waals surface area (Å²) in [6.07, 6.45) is 5.56. The van der Waals surface area contributed by atoms with Gasteiger partial charge >= 0.3 is 5.97 Å². The van der Waals surface area contributed by atoms with Gasteiger partial charge in [-0.05, 0) is 43.9 Å². The van der Waals surface area contributed by atoms with Gasteiger partial charge in [-0.3, -0.25) is 9.59 Å². The van der Waals surface area contributed by atoms with Crippen molar-refractivity contribution in [3.05, 3.63) is 35.4 Å². The fourth-order valence-electron chi connectivity index (χ4n) is 3.87. The Morgan fingerprint density at radius 1 is 1.14 bits per heavy atom. The molecule has 21 heavy (non-hydrogen) atoms. The first kappa shape index (κ1) is 14.3. The highest BCUT2D eigenvalue weighted by molar-refractivity contribution is 5.97. The van der Waals surface area contributed by atoms with Gasteiger partial charge in [0.2, 0.25) is 0 Å². The van der Waals surface area contributed by atoms with E-state index in [2.05, 4.69) is 0 Å². The summed E-state index contributed by atoms with van der Waals surface area (Å²) in [7, 11) is 0. The predicted octanol–water partition coefficient (Wildman–Crippen LogP) is 3.55. The third-order valence-electron chi connectivity index (χ3n) is 5.05. The second kappa shape index (κ2) is 6.00. The highest BCUT2D eigenvalue weighted by atomic mass is 16.5. The average molecular weight is 286 g/mol. The van der Waals surface area contributed by atoms with Crippen LogP contribution < -0.4 is 0 Å². The van der Waals surface area contributed by atoms with Crippen molar-refractivity contribution in [3.8, 4) is 0 Å². The van der Waals surface area contributed by atoms with Crippen LogP contribution in [-0.4, -0.2) is 18.4 Å². The summed E-state index contributed by atoms with van der Waals surface area (Å²) in [6.45, 7) is 1.84. The molecule has 2 fully saturated rings. The molecule has 2 saturated carbocycles. The Morgan fingerprint density at radius 2 is 1.90 bits per heavy atom. The van der Waals surface area contributed by atoms with Crippen LogP contribution in [0.1, 0.15) is 48.0 Å². The monoisotopic (exact) mass is 286 g/mol. The molecule has 3 rings (SSSR count). The highest BCUT2D eigenvalue weighted by Crippen LogP contribution is 2.49. The summed E-state index contributed by atoms with van der Waals surface area (Å²) in [5.74, 6) is 1.70. The maximum Gasteiger partial charge on any atom is 0.306 e. The minimum absolute atomic E-state index is 0.128. The molecule has 3 atom stereocenters. The average Bonchev–Trinajstić information content (AvgIpc) is 3.08. The fraction of sp³-hybridized carbons (Fsp3) is 0.556. The van der Waals surface area contributed by atoms with Crippen molar-refractivity contribution in [1.82, 2.24) is 0 Å². The van der Waals surface area contributed by atoms with Gasteiger partial charge in [-0.25, -0.2) is 0 Å². The molecule has 112 valence electrons. The normalized spacial score (nSPS) is 26.8. The minimum atomic E-state index is -0.215. The van der Waals surface area contributed by atoms with Gasteiger partial charge in [-0.2, -0.15) is 0 Å². The van der Waals surface area contributed by atoms with Crippen molar-refractivity contribution < 1.29 is 14.3 Å². The van der Waals surface area contributed by atoms with Gasteiger partial charge in [-0.1, -0.05) is 36.2 Å². The zero-order valence-corrected chi connectivity index (χ0v) is 12.5. The van der Waals surface area contributed by atoms with Crippen molar-refractivity contribution in [2.45, 2.75) is 39.0 Å². The molecule has 0 radical (unpaired) electrons. The lowest BCUT2D eigenvalue weighted by molar-refractivity contribution is -0.144. The van der Waals surface area contributed by atoms with E-state index >= 15 is 0 Å². The summed E-state index contributed by atoms with van der Waals surface area (Å²) in [5.41, 5.74) is 1.72. The molecule has 3 nitrogen and oxygen atoms in total. The van der Waals surface area contributed by atoms with Crippen molar-refractivity contribution in [1.29, 1.82) is 0 Å². The molecule has 2 bridgehead atoms. The Bertz CT molecular complexity index is 532. The number of hydrogen-bond donors (Lipinski definition) is 0. The minimum Gasteiger partial charge on any atom is -0.457 e. The van der Waals surface area contributed by atoms with Crippen LogP contribution in [0.25, 0.3) is 0 Å². The first-order chi connectivity index (χ1) is 10.1. The van der Waals surface area contributed by atoms with Crippen LogP contribution in [0.5, 0.6) is 0 Å². The molecule has 3 heteroatoms. The molecule has 0 heterocycles. The molecule has 0 unspecified atom stereocenters.